The van der Waals surface area contributed by atoms with Gasteiger partial charge in [0.2, 0.25) is 10.0 Å². The van der Waals surface area contributed by atoms with Crippen LogP contribution in [0.3, 0.4) is 0 Å². The maximum Gasteiger partial charge on any atom is 0.273 e. The summed E-state index contributed by atoms with van der Waals surface area (Å²) in [7, 11) is -3.48. The Balaban J connectivity index is 1.78. The maximum atomic E-state index is 11.7. The third-order valence-electron chi connectivity index (χ3n) is 2.77. The van der Waals surface area contributed by atoms with Crippen LogP contribution in [0.25, 0.3) is 0 Å². The topological polar surface area (TPSA) is 132 Å². The van der Waals surface area contributed by atoms with Crippen molar-refractivity contribution in [3.8, 4) is 0 Å². The first kappa shape index (κ1) is 13.9. The Bertz CT molecular complexity index is 550. The molecule has 9 nitrogen and oxygen atoms in total. The molecule has 2 rings (SSSR count). The Morgan fingerprint density at radius 1 is 1.58 bits per heavy atom. The van der Waals surface area contributed by atoms with Crippen LogP contribution in [-0.4, -0.2) is 54.7 Å². The van der Waals surface area contributed by atoms with Gasteiger partial charge in [-0.15, -0.1) is 5.10 Å². The molecule has 0 aliphatic carbocycles. The van der Waals surface area contributed by atoms with Crippen molar-refractivity contribution in [3.63, 3.8) is 0 Å². The average molecular weight is 288 g/mol. The second-order valence-corrected chi connectivity index (χ2v) is 6.11. The third-order valence-corrected chi connectivity index (χ3v) is 3.63. The highest BCUT2D eigenvalue weighted by molar-refractivity contribution is 7.89. The zero-order chi connectivity index (χ0) is 13.9. The first-order valence-electron chi connectivity index (χ1n) is 5.87. The summed E-state index contributed by atoms with van der Waals surface area (Å²) in [4.78, 5) is 11.7. The van der Waals surface area contributed by atoms with Gasteiger partial charge in [0, 0.05) is 19.6 Å². The molecule has 19 heavy (non-hydrogen) atoms. The molecule has 1 aliphatic rings. The number of nitrogens with two attached hydrogens (primary N) is 1. The molecule has 4 N–H and O–H groups in total. The zero-order valence-electron chi connectivity index (χ0n) is 10.2. The lowest BCUT2D eigenvalue weighted by Gasteiger charge is -2.26. The molecule has 0 unspecified atom stereocenters. The van der Waals surface area contributed by atoms with Gasteiger partial charge in [-0.05, 0) is 6.42 Å². The van der Waals surface area contributed by atoms with Gasteiger partial charge < -0.3 is 10.6 Å². The molecule has 106 valence electrons. The molecule has 0 saturated carbocycles. The lowest BCUT2D eigenvalue weighted by atomic mass is 10.2. The highest BCUT2D eigenvalue weighted by Gasteiger charge is 2.21. The highest BCUT2D eigenvalue weighted by Crippen LogP contribution is 2.09. The summed E-state index contributed by atoms with van der Waals surface area (Å²) in [6.45, 7) is 1.87. The standard InChI is InChI=1S/C9H16N6O3S/c10-19(17,18)3-1-2-12-9(16)8-6-15(14-13-8)7-4-11-5-7/h6-7,11H,1-5H2,(H,12,16)(H2,10,17,18). The van der Waals surface area contributed by atoms with Gasteiger partial charge in [0.25, 0.3) is 5.91 Å². The van der Waals surface area contributed by atoms with E-state index in [2.05, 4.69) is 20.9 Å². The maximum absolute atomic E-state index is 11.7. The summed E-state index contributed by atoms with van der Waals surface area (Å²) in [5, 5.41) is 18.2. The Morgan fingerprint density at radius 3 is 2.89 bits per heavy atom. The monoisotopic (exact) mass is 288 g/mol. The number of nitrogens with one attached hydrogen (secondary N) is 2. The molecular formula is C9H16N6O3S. The normalized spacial score (nSPS) is 16.1. The van der Waals surface area contributed by atoms with E-state index in [-0.39, 0.29) is 36.4 Å². The number of amides is 1. The van der Waals surface area contributed by atoms with Gasteiger partial charge in [0.1, 0.15) is 0 Å². The number of nitrogens with zero attached hydrogens (tertiary/aromatic N) is 3. The fourth-order valence-electron chi connectivity index (χ4n) is 1.59. The van der Waals surface area contributed by atoms with Crippen LogP contribution >= 0.6 is 0 Å². The van der Waals surface area contributed by atoms with Crippen LogP contribution in [0.4, 0.5) is 0 Å². The molecule has 2 heterocycles. The smallest absolute Gasteiger partial charge is 0.273 e. The summed E-state index contributed by atoms with van der Waals surface area (Å²) in [5.41, 5.74) is 0.225. The molecule has 0 bridgehead atoms. The molecule has 1 aromatic rings. The summed E-state index contributed by atoms with van der Waals surface area (Å²) in [6, 6.07) is 0.247. The molecule has 0 spiro atoms. The summed E-state index contributed by atoms with van der Waals surface area (Å²) in [6.07, 6.45) is 1.85. The Hall–Kier alpha value is -1.52. The molecular weight excluding hydrogens is 272 g/mol. The fraction of sp³-hybridized carbons (Fsp3) is 0.667. The van der Waals surface area contributed by atoms with Crippen LogP contribution in [0.1, 0.15) is 23.0 Å². The van der Waals surface area contributed by atoms with Gasteiger partial charge in [-0.3, -0.25) is 4.79 Å². The Kier molecular flexibility index (Phi) is 4.12. The number of aromatic nitrogens is 3. The second kappa shape index (κ2) is 5.63. The van der Waals surface area contributed by atoms with Gasteiger partial charge in [-0.2, -0.15) is 0 Å². The molecule has 1 amide bonds. The van der Waals surface area contributed by atoms with Gasteiger partial charge >= 0.3 is 0 Å². The summed E-state index contributed by atoms with van der Waals surface area (Å²) < 4.78 is 23.0. The van der Waals surface area contributed by atoms with Gasteiger partial charge in [-0.25, -0.2) is 18.2 Å². The minimum atomic E-state index is -3.48. The molecule has 1 fully saturated rings. The number of hydrogen-bond acceptors (Lipinski definition) is 6. The zero-order valence-corrected chi connectivity index (χ0v) is 11.1. The first-order chi connectivity index (χ1) is 8.96. The molecule has 1 aromatic heterocycles. The van der Waals surface area contributed by atoms with Crippen LogP contribution in [0.5, 0.6) is 0 Å². The second-order valence-electron chi connectivity index (χ2n) is 4.37. The van der Waals surface area contributed by atoms with E-state index in [1.54, 1.807) is 10.9 Å². The van der Waals surface area contributed by atoms with Crippen molar-refractivity contribution < 1.29 is 13.2 Å². The van der Waals surface area contributed by atoms with Crippen LogP contribution < -0.4 is 15.8 Å². The van der Waals surface area contributed by atoms with Crippen LogP contribution in [0.15, 0.2) is 6.20 Å². The molecule has 0 aromatic carbocycles. The lowest BCUT2D eigenvalue weighted by Crippen LogP contribution is -2.43. The minimum Gasteiger partial charge on any atom is -0.351 e. The van der Waals surface area contributed by atoms with Gasteiger partial charge in [0.15, 0.2) is 5.69 Å². The van der Waals surface area contributed by atoms with Gasteiger partial charge in [-0.1, -0.05) is 5.21 Å². The predicted octanol–water partition coefficient (Wildman–Crippen LogP) is -2.17. The molecule has 1 saturated heterocycles. The molecule has 10 heteroatoms. The number of primary sulfonamides is 1. The van der Waals surface area contributed by atoms with Crippen molar-refractivity contribution >= 4 is 15.9 Å². The molecule has 0 atom stereocenters. The SMILES string of the molecule is NS(=O)(=O)CCCNC(=O)c1cn(C2CNC2)nn1. The first-order valence-corrected chi connectivity index (χ1v) is 7.58. The lowest BCUT2D eigenvalue weighted by molar-refractivity contribution is 0.0948. The fourth-order valence-corrected chi connectivity index (χ4v) is 2.13. The average Bonchev–Trinajstić information content (AvgIpc) is 2.69. The minimum absolute atomic E-state index is 0.159. The van der Waals surface area contributed by atoms with Crippen molar-refractivity contribution in [2.45, 2.75) is 12.5 Å². The van der Waals surface area contributed by atoms with E-state index in [0.29, 0.717) is 0 Å². The van der Waals surface area contributed by atoms with Crippen molar-refractivity contribution in [3.05, 3.63) is 11.9 Å². The summed E-state index contributed by atoms with van der Waals surface area (Å²) >= 11 is 0. The third kappa shape index (κ3) is 3.98. The quantitative estimate of drug-likeness (QED) is 0.510. The van der Waals surface area contributed by atoms with E-state index >= 15 is 0 Å². The van der Waals surface area contributed by atoms with Crippen molar-refractivity contribution in [1.29, 1.82) is 0 Å². The number of carbonyl (C=O) groups excluding carboxylic acids is 1. The number of hydrogen-bond donors (Lipinski definition) is 3. The molecule has 0 radical (unpaired) electrons. The predicted molar refractivity (Wildman–Crippen MR) is 66.9 cm³/mol. The Morgan fingerprint density at radius 2 is 2.32 bits per heavy atom. The van der Waals surface area contributed by atoms with Crippen LogP contribution in [0.2, 0.25) is 0 Å². The van der Waals surface area contributed by atoms with Crippen molar-refractivity contribution in [2.24, 2.45) is 5.14 Å². The largest absolute Gasteiger partial charge is 0.351 e. The van der Waals surface area contributed by atoms with E-state index in [9.17, 15) is 13.2 Å². The van der Waals surface area contributed by atoms with Crippen LogP contribution in [-0.2, 0) is 10.0 Å². The van der Waals surface area contributed by atoms with E-state index in [1.165, 1.54) is 0 Å². The van der Waals surface area contributed by atoms with E-state index in [4.69, 9.17) is 5.14 Å². The number of carbonyl (C=O) groups is 1. The Labute approximate surface area is 110 Å². The number of sulfonamides is 1. The van der Waals surface area contributed by atoms with Gasteiger partial charge in [0.05, 0.1) is 18.0 Å². The highest BCUT2D eigenvalue weighted by atomic mass is 32.2. The van der Waals surface area contributed by atoms with Crippen molar-refractivity contribution in [1.82, 2.24) is 25.6 Å². The van der Waals surface area contributed by atoms with Crippen LogP contribution in [0, 0.1) is 0 Å². The van der Waals surface area contributed by atoms with E-state index in [1.807, 2.05) is 0 Å². The number of rotatable bonds is 6. The van der Waals surface area contributed by atoms with Crippen molar-refractivity contribution in [2.75, 3.05) is 25.4 Å². The van der Waals surface area contributed by atoms with E-state index in [0.717, 1.165) is 13.1 Å². The molecule has 1 aliphatic heterocycles. The summed E-state index contributed by atoms with van der Waals surface area (Å²) in [5.74, 6) is -0.527. The van der Waals surface area contributed by atoms with E-state index < -0.39 is 10.0 Å².